The molecule has 0 saturated carbocycles. The van der Waals surface area contributed by atoms with Crippen molar-refractivity contribution in [2.45, 2.75) is 33.5 Å². The first-order valence-corrected chi connectivity index (χ1v) is 5.98. The molecule has 0 spiro atoms. The van der Waals surface area contributed by atoms with Gasteiger partial charge < -0.3 is 0 Å². The maximum atomic E-state index is 8.14. The molecule has 0 saturated heterocycles. The van der Waals surface area contributed by atoms with E-state index in [1.54, 1.807) is 12.3 Å². The molecule has 0 aromatic carbocycles. The van der Waals surface area contributed by atoms with Gasteiger partial charge in [0.15, 0.2) is 6.20 Å². The largest absolute Gasteiger partial charge is 0.260 e. The monoisotopic (exact) mass is 245 g/mol. The Balaban J connectivity index is 2.54. The lowest BCUT2D eigenvalue weighted by atomic mass is 10.0. The van der Waals surface area contributed by atoms with Gasteiger partial charge in [0.1, 0.15) is 7.05 Å². The zero-order chi connectivity index (χ0) is 16.7. The molecule has 1 atom stereocenters. The maximum absolute atomic E-state index is 8.14. The molecule has 2 heterocycles. The van der Waals surface area contributed by atoms with E-state index in [0.717, 1.165) is 22.4 Å². The summed E-state index contributed by atoms with van der Waals surface area (Å²) in [5.74, 6) is -1.72. The minimum atomic E-state index is -2.41. The summed E-state index contributed by atoms with van der Waals surface area (Å²) in [5.41, 5.74) is 4.27. The molecule has 0 amide bonds. The molecule has 0 fully saturated rings. The van der Waals surface area contributed by atoms with E-state index in [2.05, 4.69) is 11.1 Å². The van der Waals surface area contributed by atoms with Crippen molar-refractivity contribution >= 4 is 0 Å². The molecule has 0 bridgehead atoms. The average Bonchev–Trinajstić information content (AvgIpc) is 2.40. The lowest BCUT2D eigenvalue weighted by Crippen LogP contribution is -2.30. The molecule has 0 N–H and O–H groups in total. The minimum Gasteiger partial charge on any atom is -0.260 e. The van der Waals surface area contributed by atoms with Crippen LogP contribution in [0.4, 0.5) is 0 Å². The highest BCUT2D eigenvalue weighted by atomic mass is 14.9. The van der Waals surface area contributed by atoms with Crippen molar-refractivity contribution < 1.29 is 10.1 Å². The van der Waals surface area contributed by atoms with E-state index in [-0.39, 0.29) is 5.69 Å². The van der Waals surface area contributed by atoms with Crippen LogP contribution in [0.5, 0.6) is 0 Å². The summed E-state index contributed by atoms with van der Waals surface area (Å²) in [6, 6.07) is 5.79. The zero-order valence-corrected chi connectivity index (χ0v) is 11.3. The van der Waals surface area contributed by atoms with Gasteiger partial charge in [-0.05, 0) is 36.9 Å². The predicted octanol–water partition coefficient (Wildman–Crippen LogP) is 3.31. The van der Waals surface area contributed by atoms with Crippen LogP contribution in [0.25, 0.3) is 11.3 Å². The second-order valence-electron chi connectivity index (χ2n) is 4.71. The van der Waals surface area contributed by atoms with Crippen LogP contribution in [0.15, 0.2) is 30.6 Å². The van der Waals surface area contributed by atoms with Crippen molar-refractivity contribution in [3.05, 3.63) is 47.4 Å². The Morgan fingerprint density at radius 2 is 2.17 bits per heavy atom. The highest BCUT2D eigenvalue weighted by molar-refractivity contribution is 5.60. The molecule has 0 aliphatic rings. The van der Waals surface area contributed by atoms with Gasteiger partial charge in [-0.25, -0.2) is 4.57 Å². The molecule has 2 aromatic heterocycles. The first-order chi connectivity index (χ1) is 10.0. The molecule has 18 heavy (non-hydrogen) atoms. The lowest BCUT2D eigenvalue weighted by molar-refractivity contribution is -0.660. The van der Waals surface area contributed by atoms with Gasteiger partial charge in [-0.3, -0.25) is 4.98 Å². The summed E-state index contributed by atoms with van der Waals surface area (Å²) < 4.78 is 32.7. The summed E-state index contributed by atoms with van der Waals surface area (Å²) in [5, 5.41) is 0. The Labute approximate surface area is 115 Å². The van der Waals surface area contributed by atoms with Gasteiger partial charge in [0.05, 0.1) is 5.56 Å². The lowest BCUT2D eigenvalue weighted by Gasteiger charge is -2.09. The molecule has 0 radical (unpaired) electrons. The smallest absolute Gasteiger partial charge is 0.214 e. The second kappa shape index (κ2) is 4.89. The van der Waals surface area contributed by atoms with Gasteiger partial charge in [0.2, 0.25) is 5.69 Å². The molecular formula is C16H21N2+. The van der Waals surface area contributed by atoms with Crippen LogP contribution in [0, 0.1) is 13.8 Å². The summed E-state index contributed by atoms with van der Waals surface area (Å²) in [6.07, 6.45) is 3.65. The Hall–Kier alpha value is -1.70. The third kappa shape index (κ3) is 2.42. The van der Waals surface area contributed by atoms with Crippen LogP contribution in [-0.2, 0) is 7.05 Å². The van der Waals surface area contributed by atoms with Crippen molar-refractivity contribution in [1.82, 2.24) is 4.98 Å². The normalized spacial score (nSPS) is 18.2. The molecule has 0 aliphatic heterocycles. The molecule has 94 valence electrons. The summed E-state index contributed by atoms with van der Waals surface area (Å²) in [4.78, 5) is 4.26. The number of pyridine rings is 2. The highest BCUT2D eigenvalue weighted by Gasteiger charge is 2.14. The quantitative estimate of drug-likeness (QED) is 0.742. The average molecular weight is 245 g/mol. The van der Waals surface area contributed by atoms with Gasteiger partial charge in [-0.2, -0.15) is 0 Å². The van der Waals surface area contributed by atoms with E-state index in [4.69, 9.17) is 5.48 Å². The zero-order valence-electron chi connectivity index (χ0n) is 15.3. The summed E-state index contributed by atoms with van der Waals surface area (Å²) in [6.45, 7) is 2.91. The van der Waals surface area contributed by atoms with Gasteiger partial charge in [-0.1, -0.05) is 13.8 Å². The maximum Gasteiger partial charge on any atom is 0.214 e. The highest BCUT2D eigenvalue weighted by Crippen LogP contribution is 2.23. The van der Waals surface area contributed by atoms with Crippen LogP contribution in [-0.4, -0.2) is 4.98 Å². The number of aromatic nitrogens is 2. The third-order valence-corrected chi connectivity index (χ3v) is 3.08. The Morgan fingerprint density at radius 3 is 2.83 bits per heavy atom. The summed E-state index contributed by atoms with van der Waals surface area (Å²) in [7, 11) is 1.96. The Bertz CT molecular complexity index is 706. The minimum absolute atomic E-state index is 0.268. The number of nitrogens with zero attached hydrogens (tertiary/aromatic N) is 2. The second-order valence-corrected chi connectivity index (χ2v) is 4.71. The number of hydrogen-bond donors (Lipinski definition) is 0. The van der Waals surface area contributed by atoms with Crippen LogP contribution >= 0.6 is 0 Å². The molecule has 2 heteroatoms. The van der Waals surface area contributed by atoms with E-state index in [9.17, 15) is 0 Å². The third-order valence-electron chi connectivity index (χ3n) is 3.08. The summed E-state index contributed by atoms with van der Waals surface area (Å²) >= 11 is 0. The standard InChI is InChI=1S/C16H21N2/c1-11(2)15-9-13(4)14(10-17-15)16-8-12(3)6-7-18(16)5/h6-11H,1-5H3/q+1/i1D3,11D. The van der Waals surface area contributed by atoms with E-state index in [1.807, 2.05) is 37.7 Å². The van der Waals surface area contributed by atoms with Crippen LogP contribution in [0.3, 0.4) is 0 Å². The molecular weight excluding hydrogens is 220 g/mol. The van der Waals surface area contributed by atoms with Gasteiger partial charge in [-0.15, -0.1) is 0 Å². The molecule has 0 aliphatic carbocycles. The molecule has 2 aromatic rings. The number of rotatable bonds is 2. The van der Waals surface area contributed by atoms with Crippen LogP contribution in [0.1, 0.15) is 42.0 Å². The molecule has 1 unspecified atom stereocenters. The van der Waals surface area contributed by atoms with Crippen molar-refractivity contribution in [3.8, 4) is 11.3 Å². The number of aryl methyl sites for hydroxylation is 3. The van der Waals surface area contributed by atoms with Crippen molar-refractivity contribution in [2.24, 2.45) is 7.05 Å². The fourth-order valence-corrected chi connectivity index (χ4v) is 1.97. The van der Waals surface area contributed by atoms with Crippen molar-refractivity contribution in [1.29, 1.82) is 0 Å². The van der Waals surface area contributed by atoms with Gasteiger partial charge in [0.25, 0.3) is 0 Å². The van der Waals surface area contributed by atoms with Crippen LogP contribution < -0.4 is 4.57 Å². The van der Waals surface area contributed by atoms with E-state index < -0.39 is 12.7 Å². The molecule has 2 nitrogen and oxygen atoms in total. The van der Waals surface area contributed by atoms with Gasteiger partial charge >= 0.3 is 0 Å². The predicted molar refractivity (Wildman–Crippen MR) is 74.4 cm³/mol. The Morgan fingerprint density at radius 1 is 1.39 bits per heavy atom. The van der Waals surface area contributed by atoms with Crippen molar-refractivity contribution in [2.75, 3.05) is 0 Å². The first kappa shape index (κ1) is 8.41. The van der Waals surface area contributed by atoms with E-state index in [0.29, 0.717) is 0 Å². The number of hydrogen-bond acceptors (Lipinski definition) is 1. The van der Waals surface area contributed by atoms with Gasteiger partial charge in [0, 0.05) is 29.5 Å². The van der Waals surface area contributed by atoms with E-state index >= 15 is 0 Å². The SMILES string of the molecule is [2H]C([2H])([2H])C([2H])(C)c1cc(C)c(-c2cc(C)cc[n+]2C)cn1. The fraction of sp³-hybridized carbons (Fsp3) is 0.375. The fourth-order valence-electron chi connectivity index (χ4n) is 1.97. The topological polar surface area (TPSA) is 16.8 Å². The van der Waals surface area contributed by atoms with E-state index in [1.165, 1.54) is 6.92 Å². The molecule has 2 rings (SSSR count). The van der Waals surface area contributed by atoms with Crippen LogP contribution in [0.2, 0.25) is 0 Å². The van der Waals surface area contributed by atoms with Crippen molar-refractivity contribution in [3.63, 3.8) is 0 Å². The Kier molecular flexibility index (Phi) is 2.28. The first-order valence-electron chi connectivity index (χ1n) is 7.98.